The number of rotatable bonds is 5. The van der Waals surface area contributed by atoms with Crippen LogP contribution in [0.25, 0.3) is 0 Å². The molecular weight excluding hydrogens is 400 g/mol. The second-order valence-corrected chi connectivity index (χ2v) is 7.15. The minimum Gasteiger partial charge on any atom is -0.323 e. The van der Waals surface area contributed by atoms with Crippen molar-refractivity contribution < 1.29 is 13.6 Å². The zero-order valence-electron chi connectivity index (χ0n) is 18.0. The van der Waals surface area contributed by atoms with Crippen molar-refractivity contribution >= 4 is 17.6 Å². The number of carbonyl (C=O) groups is 1. The highest BCUT2D eigenvalue weighted by Gasteiger charge is 2.14. The van der Waals surface area contributed by atoms with Crippen LogP contribution in [0.15, 0.2) is 47.5 Å². The second-order valence-electron chi connectivity index (χ2n) is 7.15. The fraction of sp³-hybridized carbons (Fsp3) is 0.261. The van der Waals surface area contributed by atoms with Gasteiger partial charge in [0.1, 0.15) is 11.6 Å². The zero-order valence-corrected chi connectivity index (χ0v) is 18.0. The van der Waals surface area contributed by atoms with Crippen molar-refractivity contribution in [2.75, 3.05) is 5.32 Å². The Morgan fingerprint density at radius 1 is 1.10 bits per heavy atom. The molecule has 3 rings (SSSR count). The van der Waals surface area contributed by atoms with Gasteiger partial charge in [0.15, 0.2) is 0 Å². The largest absolute Gasteiger partial charge is 0.323 e. The predicted molar refractivity (Wildman–Crippen MR) is 117 cm³/mol. The van der Waals surface area contributed by atoms with E-state index >= 15 is 0 Å². The Hall–Kier alpha value is -3.55. The molecule has 6 nitrogen and oxygen atoms in total. The maximum Gasteiger partial charge on any atom is 0.258 e. The molecule has 31 heavy (non-hydrogen) atoms. The van der Waals surface area contributed by atoms with Crippen molar-refractivity contribution in [2.45, 2.75) is 40.8 Å². The van der Waals surface area contributed by atoms with Crippen LogP contribution in [0.5, 0.6) is 0 Å². The van der Waals surface area contributed by atoms with Crippen LogP contribution in [0.3, 0.4) is 0 Å². The van der Waals surface area contributed by atoms with Crippen LogP contribution in [0.1, 0.15) is 39.8 Å². The lowest BCUT2D eigenvalue weighted by Crippen LogP contribution is -2.36. The monoisotopic (exact) mass is 425 g/mol. The molecule has 0 spiro atoms. The highest BCUT2D eigenvalue weighted by molar-refractivity contribution is 6.10. The van der Waals surface area contributed by atoms with Gasteiger partial charge in [0, 0.05) is 23.4 Å². The molecule has 2 aromatic carbocycles. The molecule has 162 valence electrons. The summed E-state index contributed by atoms with van der Waals surface area (Å²) in [6.07, 6.45) is 0. The first-order valence-electron chi connectivity index (χ1n) is 9.96. The van der Waals surface area contributed by atoms with E-state index < -0.39 is 17.5 Å². The number of aliphatic imine (C=N–C) groups is 1. The number of nitrogens with zero attached hydrogens (tertiary/aromatic N) is 3. The predicted octanol–water partition coefficient (Wildman–Crippen LogP) is 4.50. The highest BCUT2D eigenvalue weighted by Crippen LogP contribution is 2.16. The number of amides is 1. The molecule has 0 atom stereocenters. The summed E-state index contributed by atoms with van der Waals surface area (Å²) in [5.74, 6) is -1.47. The molecule has 8 heteroatoms. The van der Waals surface area contributed by atoms with Gasteiger partial charge in [-0.15, -0.1) is 0 Å². The molecule has 1 heterocycles. The van der Waals surface area contributed by atoms with Gasteiger partial charge in [0.25, 0.3) is 5.91 Å². The van der Waals surface area contributed by atoms with Gasteiger partial charge < -0.3 is 5.32 Å². The number of carbonyl (C=O) groups excluding carboxylic acids is 1. The lowest BCUT2D eigenvalue weighted by atomic mass is 10.1. The van der Waals surface area contributed by atoms with E-state index in [2.05, 4.69) is 20.7 Å². The fourth-order valence-corrected chi connectivity index (χ4v) is 3.14. The summed E-state index contributed by atoms with van der Waals surface area (Å²) in [6, 6.07) is 10.3. The SMILES string of the molecule is CCn1nc(C)c(CN=C(NC(=O)c2ccc(C)c(F)c2)Nc2ccccc2F)c1C. The quantitative estimate of drug-likeness (QED) is 0.467. The van der Waals surface area contributed by atoms with Crippen molar-refractivity contribution in [2.24, 2.45) is 4.99 Å². The second kappa shape index (κ2) is 9.51. The standard InChI is InChI=1S/C23H25F2N5O/c1-5-30-16(4)18(15(3)29-30)13-26-23(27-21-9-7-6-8-19(21)24)28-22(31)17-11-10-14(2)20(25)12-17/h6-12H,5,13H2,1-4H3,(H2,26,27,28,31). The molecule has 1 aromatic heterocycles. The lowest BCUT2D eigenvalue weighted by Gasteiger charge is -2.13. The third-order valence-electron chi connectivity index (χ3n) is 5.02. The van der Waals surface area contributed by atoms with Crippen LogP contribution in [0.4, 0.5) is 14.5 Å². The molecule has 0 saturated carbocycles. The number of hydrogen-bond donors (Lipinski definition) is 2. The van der Waals surface area contributed by atoms with E-state index in [4.69, 9.17) is 0 Å². The number of benzene rings is 2. The molecule has 0 fully saturated rings. The van der Waals surface area contributed by atoms with Gasteiger partial charge in [-0.1, -0.05) is 18.2 Å². The molecule has 1 amide bonds. The van der Waals surface area contributed by atoms with Crippen LogP contribution in [0.2, 0.25) is 0 Å². The Bertz CT molecular complexity index is 1140. The molecule has 0 radical (unpaired) electrons. The minimum absolute atomic E-state index is 0.0548. The fourth-order valence-electron chi connectivity index (χ4n) is 3.14. The molecule has 0 saturated heterocycles. The van der Waals surface area contributed by atoms with E-state index in [1.165, 1.54) is 24.3 Å². The number of para-hydroxylation sites is 1. The van der Waals surface area contributed by atoms with Gasteiger partial charge in [0.05, 0.1) is 17.9 Å². The van der Waals surface area contributed by atoms with Gasteiger partial charge in [-0.25, -0.2) is 13.8 Å². The van der Waals surface area contributed by atoms with Gasteiger partial charge in [-0.05, 0) is 57.5 Å². The smallest absolute Gasteiger partial charge is 0.258 e. The van der Waals surface area contributed by atoms with Crippen molar-refractivity contribution in [3.63, 3.8) is 0 Å². The van der Waals surface area contributed by atoms with Crippen molar-refractivity contribution in [3.05, 3.63) is 82.2 Å². The van der Waals surface area contributed by atoms with Crippen molar-refractivity contribution in [1.29, 1.82) is 0 Å². The van der Waals surface area contributed by atoms with Crippen LogP contribution < -0.4 is 10.6 Å². The van der Waals surface area contributed by atoms with E-state index in [1.54, 1.807) is 19.1 Å². The first-order chi connectivity index (χ1) is 14.8. The number of hydrogen-bond acceptors (Lipinski definition) is 3. The Balaban J connectivity index is 1.89. The number of aromatic nitrogens is 2. The molecule has 0 unspecified atom stereocenters. The number of guanidine groups is 1. The molecule has 0 bridgehead atoms. The number of halogens is 2. The van der Waals surface area contributed by atoms with Gasteiger partial charge in [0.2, 0.25) is 5.96 Å². The third kappa shape index (κ3) is 5.14. The number of aryl methyl sites for hydroxylation is 3. The van der Waals surface area contributed by atoms with Crippen LogP contribution in [0, 0.1) is 32.4 Å². The average molecular weight is 425 g/mol. The molecular formula is C23H25F2N5O. The molecule has 3 aromatic rings. The lowest BCUT2D eigenvalue weighted by molar-refractivity contribution is 0.0976. The van der Waals surface area contributed by atoms with Crippen molar-refractivity contribution in [3.8, 4) is 0 Å². The summed E-state index contributed by atoms with van der Waals surface area (Å²) in [4.78, 5) is 17.1. The maximum absolute atomic E-state index is 14.2. The summed E-state index contributed by atoms with van der Waals surface area (Å²) in [5.41, 5.74) is 3.46. The minimum atomic E-state index is -0.556. The summed E-state index contributed by atoms with van der Waals surface area (Å²) >= 11 is 0. The van der Waals surface area contributed by atoms with Crippen LogP contribution in [-0.4, -0.2) is 21.6 Å². The van der Waals surface area contributed by atoms with Crippen molar-refractivity contribution in [1.82, 2.24) is 15.1 Å². The molecule has 0 aliphatic rings. The van der Waals surface area contributed by atoms with E-state index in [1.807, 2.05) is 25.5 Å². The van der Waals surface area contributed by atoms with Gasteiger partial charge >= 0.3 is 0 Å². The summed E-state index contributed by atoms with van der Waals surface area (Å²) in [5, 5.41) is 9.92. The van der Waals surface area contributed by atoms with Gasteiger partial charge in [-0.2, -0.15) is 5.10 Å². The zero-order chi connectivity index (χ0) is 22.5. The molecule has 0 aliphatic heterocycles. The number of anilines is 1. The summed E-state index contributed by atoms with van der Waals surface area (Å²) in [7, 11) is 0. The molecule has 2 N–H and O–H groups in total. The van der Waals surface area contributed by atoms with E-state index in [9.17, 15) is 13.6 Å². The highest BCUT2D eigenvalue weighted by atomic mass is 19.1. The van der Waals surface area contributed by atoms with Crippen LogP contribution in [-0.2, 0) is 13.1 Å². The van der Waals surface area contributed by atoms with Gasteiger partial charge in [-0.3, -0.25) is 14.8 Å². The average Bonchev–Trinajstić information content (AvgIpc) is 3.02. The first-order valence-corrected chi connectivity index (χ1v) is 9.96. The summed E-state index contributed by atoms with van der Waals surface area (Å²) in [6.45, 7) is 8.42. The number of nitrogens with one attached hydrogen (secondary N) is 2. The Kier molecular flexibility index (Phi) is 6.79. The summed E-state index contributed by atoms with van der Waals surface area (Å²) < 4.78 is 29.9. The van der Waals surface area contributed by atoms with E-state index in [-0.39, 0.29) is 23.8 Å². The molecule has 0 aliphatic carbocycles. The Labute approximate surface area is 180 Å². The topological polar surface area (TPSA) is 71.3 Å². The Morgan fingerprint density at radius 3 is 2.48 bits per heavy atom. The van der Waals surface area contributed by atoms with E-state index in [0.717, 1.165) is 29.6 Å². The van der Waals surface area contributed by atoms with E-state index in [0.29, 0.717) is 5.56 Å². The first kappa shape index (κ1) is 22.1. The normalized spacial score (nSPS) is 11.5. The van der Waals surface area contributed by atoms with Crippen LogP contribution >= 0.6 is 0 Å². The Morgan fingerprint density at radius 2 is 1.84 bits per heavy atom. The maximum atomic E-state index is 14.2. The third-order valence-corrected chi connectivity index (χ3v) is 5.02.